The normalized spacial score (nSPS) is 10.0. The van der Waals surface area contributed by atoms with Crippen molar-refractivity contribution in [2.75, 3.05) is 0 Å². The Labute approximate surface area is 147 Å². The molecular weight excluding hydrogens is 433 g/mol. The minimum Gasteiger partial charge on any atom is -0.319 e. The van der Waals surface area contributed by atoms with Crippen molar-refractivity contribution in [3.8, 4) is 0 Å². The number of rotatable bonds is 4. The van der Waals surface area contributed by atoms with Gasteiger partial charge in [-0.05, 0) is 5.56 Å². The van der Waals surface area contributed by atoms with Crippen LogP contribution in [-0.4, -0.2) is 5.78 Å². The van der Waals surface area contributed by atoms with E-state index in [2.05, 4.69) is 6.08 Å². The topological polar surface area (TPSA) is 17.1 Å². The van der Waals surface area contributed by atoms with Gasteiger partial charge < -0.3 is 4.79 Å². The monoisotopic (exact) mass is 445 g/mol. The van der Waals surface area contributed by atoms with Gasteiger partial charge in [-0.25, -0.2) is 0 Å². The van der Waals surface area contributed by atoms with Crippen molar-refractivity contribution in [3.63, 3.8) is 0 Å². The summed E-state index contributed by atoms with van der Waals surface area (Å²) in [6.45, 7) is 0. The van der Waals surface area contributed by atoms with Crippen molar-refractivity contribution in [1.29, 1.82) is 0 Å². The van der Waals surface area contributed by atoms with Gasteiger partial charge in [-0.3, -0.25) is 0 Å². The predicted octanol–water partition coefficient (Wildman–Crippen LogP) is 3.78. The van der Waals surface area contributed by atoms with Crippen molar-refractivity contribution in [1.82, 2.24) is 0 Å². The molecule has 0 aromatic heterocycles. The molecule has 0 heterocycles. The maximum absolute atomic E-state index is 11.6. The summed E-state index contributed by atoms with van der Waals surface area (Å²) in [6.07, 6.45) is 7.72. The molecule has 108 valence electrons. The molecule has 0 aliphatic carbocycles. The molecule has 0 aliphatic rings. The van der Waals surface area contributed by atoms with Gasteiger partial charge in [0.15, 0.2) is 0 Å². The number of benzene rings is 2. The number of allylic oxidation sites excluding steroid dienone is 2. The van der Waals surface area contributed by atoms with E-state index >= 15 is 0 Å². The smallest absolute Gasteiger partial charge is 0.0684 e. The number of hydrogen-bond acceptors (Lipinski definition) is 1. The van der Waals surface area contributed by atoms with Crippen LogP contribution < -0.4 is 0 Å². The third-order valence-electron chi connectivity index (χ3n) is 2.41. The molecule has 2 aromatic rings. The first-order chi connectivity index (χ1) is 8.84. The van der Waals surface area contributed by atoms with E-state index in [4.69, 9.17) is 0 Å². The van der Waals surface area contributed by atoms with Crippen LogP contribution in [0.2, 0.25) is 0 Å². The van der Waals surface area contributed by atoms with E-state index in [1.54, 1.807) is 12.2 Å². The third-order valence-corrected chi connectivity index (χ3v) is 2.41. The van der Waals surface area contributed by atoms with E-state index in [9.17, 15) is 4.79 Å². The SMILES string of the molecule is O=C([C-]=Cc1ccccc1)C=Cc1ccccc1.[Pd].[Pd]. The van der Waals surface area contributed by atoms with Crippen LogP contribution in [0.4, 0.5) is 0 Å². The van der Waals surface area contributed by atoms with Gasteiger partial charge in [-0.2, -0.15) is 6.08 Å². The van der Waals surface area contributed by atoms with E-state index in [1.165, 1.54) is 6.08 Å². The van der Waals surface area contributed by atoms with Crippen LogP contribution in [0.25, 0.3) is 12.2 Å². The Morgan fingerprint density at radius 2 is 1.30 bits per heavy atom. The molecule has 2 aromatic carbocycles. The summed E-state index contributed by atoms with van der Waals surface area (Å²) in [5.41, 5.74) is 1.98. The maximum atomic E-state index is 11.6. The minimum absolute atomic E-state index is 0. The second-order valence-corrected chi connectivity index (χ2v) is 3.81. The molecule has 0 radical (unpaired) electrons. The Bertz CT molecular complexity index is 509. The summed E-state index contributed by atoms with van der Waals surface area (Å²) in [7, 11) is 0. The molecule has 0 saturated heterocycles. The average Bonchev–Trinajstić information content (AvgIpc) is 2.45. The fourth-order valence-corrected chi connectivity index (χ4v) is 1.49. The summed E-state index contributed by atoms with van der Waals surface area (Å²) < 4.78 is 0. The van der Waals surface area contributed by atoms with Crippen LogP contribution >= 0.6 is 0 Å². The Morgan fingerprint density at radius 3 is 1.85 bits per heavy atom. The molecule has 0 spiro atoms. The summed E-state index contributed by atoms with van der Waals surface area (Å²) in [6, 6.07) is 19.4. The Balaban J connectivity index is 0.00000180. The van der Waals surface area contributed by atoms with E-state index in [1.807, 2.05) is 60.7 Å². The van der Waals surface area contributed by atoms with E-state index in [0.29, 0.717) is 0 Å². The van der Waals surface area contributed by atoms with E-state index in [0.717, 1.165) is 11.1 Å². The second kappa shape index (κ2) is 10.7. The minimum atomic E-state index is -0.136. The molecule has 20 heavy (non-hydrogen) atoms. The summed E-state index contributed by atoms with van der Waals surface area (Å²) in [5.74, 6) is -0.136. The first kappa shape index (κ1) is 18.9. The Hall–Kier alpha value is -1.09. The second-order valence-electron chi connectivity index (χ2n) is 3.81. The molecule has 0 saturated carbocycles. The molecule has 0 atom stereocenters. The number of hydrogen-bond donors (Lipinski definition) is 0. The third kappa shape index (κ3) is 6.90. The number of ketones is 1. The van der Waals surface area contributed by atoms with Gasteiger partial charge in [-0.15, -0.1) is 35.9 Å². The quantitative estimate of drug-likeness (QED) is 0.397. The fourth-order valence-electron chi connectivity index (χ4n) is 1.49. The average molecular weight is 446 g/mol. The summed E-state index contributed by atoms with van der Waals surface area (Å²) in [4.78, 5) is 11.6. The van der Waals surface area contributed by atoms with Crippen LogP contribution in [0.5, 0.6) is 0 Å². The zero-order valence-electron chi connectivity index (χ0n) is 10.5. The van der Waals surface area contributed by atoms with Crippen molar-refractivity contribution < 1.29 is 45.6 Å². The van der Waals surface area contributed by atoms with Crippen molar-refractivity contribution >= 4 is 17.9 Å². The standard InChI is InChI=1S/C17H13O.2Pd/c18-17(13-11-15-7-3-1-4-8-15)14-12-16-9-5-2-6-10-16;;/h1-13H;;/q-1;;. The van der Waals surface area contributed by atoms with E-state index < -0.39 is 0 Å². The molecule has 0 fully saturated rings. The van der Waals surface area contributed by atoms with Crippen LogP contribution in [0, 0.1) is 6.08 Å². The van der Waals surface area contributed by atoms with Crippen LogP contribution in [0.1, 0.15) is 11.1 Å². The Kier molecular flexibility index (Phi) is 10.1. The zero-order valence-corrected chi connectivity index (χ0v) is 13.7. The predicted molar refractivity (Wildman–Crippen MR) is 74.6 cm³/mol. The molecule has 1 nitrogen and oxygen atoms in total. The van der Waals surface area contributed by atoms with Crippen LogP contribution in [0.3, 0.4) is 0 Å². The molecule has 0 amide bonds. The zero-order chi connectivity index (χ0) is 12.6. The van der Waals surface area contributed by atoms with Gasteiger partial charge in [0.1, 0.15) is 0 Å². The van der Waals surface area contributed by atoms with Crippen LogP contribution in [-0.2, 0) is 45.6 Å². The van der Waals surface area contributed by atoms with Gasteiger partial charge in [0, 0.05) is 40.8 Å². The van der Waals surface area contributed by atoms with Gasteiger partial charge in [0.05, 0.1) is 5.78 Å². The van der Waals surface area contributed by atoms with Crippen molar-refractivity contribution in [2.24, 2.45) is 0 Å². The molecule has 0 bridgehead atoms. The molecule has 0 unspecified atom stereocenters. The first-order valence-corrected chi connectivity index (χ1v) is 5.76. The Morgan fingerprint density at radius 1 is 0.800 bits per heavy atom. The summed E-state index contributed by atoms with van der Waals surface area (Å²) in [5, 5.41) is 0. The largest absolute Gasteiger partial charge is 0.319 e. The maximum Gasteiger partial charge on any atom is 0.0684 e. The van der Waals surface area contributed by atoms with Crippen LogP contribution in [0.15, 0.2) is 66.7 Å². The molecule has 2 rings (SSSR count). The number of carbonyl (C=O) groups excluding carboxylic acids is 1. The van der Waals surface area contributed by atoms with E-state index in [-0.39, 0.29) is 46.6 Å². The van der Waals surface area contributed by atoms with Gasteiger partial charge >= 0.3 is 0 Å². The van der Waals surface area contributed by atoms with Crippen molar-refractivity contribution in [2.45, 2.75) is 0 Å². The first-order valence-electron chi connectivity index (χ1n) is 5.76. The molecule has 3 heteroatoms. The van der Waals surface area contributed by atoms with Gasteiger partial charge in [0.2, 0.25) is 0 Å². The van der Waals surface area contributed by atoms with Gasteiger partial charge in [0.25, 0.3) is 0 Å². The fraction of sp³-hybridized carbons (Fsp3) is 0. The molecule has 0 aliphatic heterocycles. The summed E-state index contributed by atoms with van der Waals surface area (Å²) >= 11 is 0. The molecular formula is C17H13OPd2-. The molecule has 0 N–H and O–H groups in total. The van der Waals surface area contributed by atoms with Gasteiger partial charge in [-0.1, -0.05) is 48.5 Å². The van der Waals surface area contributed by atoms with Crippen molar-refractivity contribution in [3.05, 3.63) is 83.9 Å². The number of carbonyl (C=O) groups is 1.